The summed E-state index contributed by atoms with van der Waals surface area (Å²) in [6.07, 6.45) is 0. The first kappa shape index (κ1) is 22.5. The van der Waals surface area contributed by atoms with Gasteiger partial charge in [-0.3, -0.25) is 14.4 Å². The molecular weight excluding hydrogens is 448 g/mol. The van der Waals surface area contributed by atoms with E-state index in [4.69, 9.17) is 14.2 Å². The number of fused-ring (bicyclic) bond motifs is 3. The van der Waals surface area contributed by atoms with Crippen LogP contribution in [0.4, 0.5) is 0 Å². The van der Waals surface area contributed by atoms with E-state index in [1.165, 1.54) is 4.90 Å². The minimum atomic E-state index is -0.565. The van der Waals surface area contributed by atoms with Gasteiger partial charge >= 0.3 is 5.97 Å². The molecule has 35 heavy (non-hydrogen) atoms. The van der Waals surface area contributed by atoms with Crippen molar-refractivity contribution in [3.63, 3.8) is 0 Å². The molecule has 8 heteroatoms. The van der Waals surface area contributed by atoms with Crippen molar-refractivity contribution >= 4 is 33.7 Å². The van der Waals surface area contributed by atoms with Crippen LogP contribution in [0, 0.1) is 0 Å². The Morgan fingerprint density at radius 3 is 2.23 bits per heavy atom. The van der Waals surface area contributed by atoms with E-state index in [-0.39, 0.29) is 24.5 Å². The normalized spacial score (nSPS) is 12.5. The second-order valence-electron chi connectivity index (χ2n) is 8.34. The van der Waals surface area contributed by atoms with Crippen LogP contribution >= 0.6 is 0 Å². The van der Waals surface area contributed by atoms with E-state index in [1.807, 2.05) is 30.3 Å². The highest BCUT2D eigenvalue weighted by molar-refractivity contribution is 5.94. The predicted molar refractivity (Wildman–Crippen MR) is 131 cm³/mol. The SMILES string of the molecule is CN(Cc1ccc2c(c1)OCCO2)C(=O)COC(=O)Cn1c2ccccc2c(=O)c2ccccc21. The lowest BCUT2D eigenvalue weighted by Gasteiger charge is -2.21. The summed E-state index contributed by atoms with van der Waals surface area (Å²) >= 11 is 0. The number of ether oxygens (including phenoxy) is 3. The average Bonchev–Trinajstić information content (AvgIpc) is 2.89. The molecule has 1 aliphatic rings. The Morgan fingerprint density at radius 1 is 0.914 bits per heavy atom. The van der Waals surface area contributed by atoms with Gasteiger partial charge in [-0.15, -0.1) is 0 Å². The average molecular weight is 472 g/mol. The number of hydrogen-bond acceptors (Lipinski definition) is 6. The van der Waals surface area contributed by atoms with E-state index in [2.05, 4.69) is 0 Å². The van der Waals surface area contributed by atoms with Crippen molar-refractivity contribution in [2.75, 3.05) is 26.9 Å². The first-order valence-electron chi connectivity index (χ1n) is 11.3. The zero-order chi connectivity index (χ0) is 24.4. The molecule has 0 N–H and O–H groups in total. The molecule has 5 rings (SSSR count). The molecule has 0 radical (unpaired) electrons. The van der Waals surface area contributed by atoms with Gasteiger partial charge in [0.05, 0.1) is 11.0 Å². The van der Waals surface area contributed by atoms with Gasteiger partial charge in [0.25, 0.3) is 5.91 Å². The van der Waals surface area contributed by atoms with Gasteiger partial charge in [-0.1, -0.05) is 30.3 Å². The number of rotatable bonds is 6. The van der Waals surface area contributed by atoms with E-state index in [0.717, 1.165) is 5.56 Å². The summed E-state index contributed by atoms with van der Waals surface area (Å²) < 4.78 is 18.2. The Labute approximate surface area is 201 Å². The molecule has 1 aliphatic heterocycles. The van der Waals surface area contributed by atoms with E-state index < -0.39 is 5.97 Å². The fraction of sp³-hybridized carbons (Fsp3) is 0.222. The number of hydrogen-bond donors (Lipinski definition) is 0. The molecule has 0 saturated heterocycles. The van der Waals surface area contributed by atoms with Crippen LogP contribution in [0.3, 0.4) is 0 Å². The van der Waals surface area contributed by atoms with E-state index in [9.17, 15) is 14.4 Å². The predicted octanol–water partition coefficient (Wildman–Crippen LogP) is 3.13. The lowest BCUT2D eigenvalue weighted by Crippen LogP contribution is -2.31. The van der Waals surface area contributed by atoms with Gasteiger partial charge < -0.3 is 23.7 Å². The molecule has 0 fully saturated rings. The summed E-state index contributed by atoms with van der Waals surface area (Å²) in [5, 5.41) is 1.04. The van der Waals surface area contributed by atoms with Crippen LogP contribution in [0.2, 0.25) is 0 Å². The molecule has 178 valence electrons. The summed E-state index contributed by atoms with van der Waals surface area (Å²) in [5.41, 5.74) is 2.06. The Kier molecular flexibility index (Phi) is 6.10. The molecule has 0 unspecified atom stereocenters. The number of nitrogens with zero attached hydrogens (tertiary/aromatic N) is 2. The van der Waals surface area contributed by atoms with Gasteiger partial charge in [-0.2, -0.15) is 0 Å². The summed E-state index contributed by atoms with van der Waals surface area (Å²) in [7, 11) is 1.65. The number of aromatic nitrogens is 1. The standard InChI is InChI=1S/C27H24N2O6/c1-28(15-18-10-11-23-24(14-18)34-13-12-33-23)25(30)17-35-26(31)16-29-21-8-4-2-6-19(21)27(32)20-7-3-5-9-22(20)29/h2-11,14H,12-13,15-17H2,1H3. The third-order valence-electron chi connectivity index (χ3n) is 5.97. The van der Waals surface area contributed by atoms with Gasteiger partial charge in [0, 0.05) is 24.4 Å². The summed E-state index contributed by atoms with van der Waals surface area (Å²) in [6, 6.07) is 19.8. The fourth-order valence-electron chi connectivity index (χ4n) is 4.22. The highest BCUT2D eigenvalue weighted by Gasteiger charge is 2.17. The number of esters is 1. The molecule has 0 aliphatic carbocycles. The quantitative estimate of drug-likeness (QED) is 0.317. The van der Waals surface area contributed by atoms with Gasteiger partial charge in [-0.05, 0) is 42.0 Å². The molecule has 3 aromatic carbocycles. The first-order valence-corrected chi connectivity index (χ1v) is 11.3. The first-order chi connectivity index (χ1) is 17.0. The molecule has 1 aromatic heterocycles. The molecule has 4 aromatic rings. The van der Waals surface area contributed by atoms with E-state index in [1.54, 1.807) is 48.0 Å². The second-order valence-corrected chi connectivity index (χ2v) is 8.34. The van der Waals surface area contributed by atoms with Crippen molar-refractivity contribution in [1.82, 2.24) is 9.47 Å². The van der Waals surface area contributed by atoms with Crippen LogP contribution in [-0.2, 0) is 27.4 Å². The summed E-state index contributed by atoms with van der Waals surface area (Å²) in [4.78, 5) is 39.7. The number of para-hydroxylation sites is 2. The maximum atomic E-state index is 12.9. The van der Waals surface area contributed by atoms with Crippen molar-refractivity contribution in [3.8, 4) is 11.5 Å². The number of carbonyl (C=O) groups excluding carboxylic acids is 2. The zero-order valence-corrected chi connectivity index (χ0v) is 19.2. The Hall–Kier alpha value is -4.33. The smallest absolute Gasteiger partial charge is 0.326 e. The van der Waals surface area contributed by atoms with Gasteiger partial charge in [0.2, 0.25) is 0 Å². The van der Waals surface area contributed by atoms with Crippen molar-refractivity contribution in [2.24, 2.45) is 0 Å². The monoisotopic (exact) mass is 472 g/mol. The molecule has 0 saturated carbocycles. The summed E-state index contributed by atoms with van der Waals surface area (Å²) in [5.74, 6) is 0.444. The minimum Gasteiger partial charge on any atom is -0.486 e. The number of likely N-dealkylation sites (N-methyl/N-ethyl adjacent to an activating group) is 1. The van der Waals surface area contributed by atoms with Crippen LogP contribution in [0.25, 0.3) is 21.8 Å². The van der Waals surface area contributed by atoms with E-state index in [0.29, 0.717) is 53.1 Å². The molecule has 0 atom stereocenters. The van der Waals surface area contributed by atoms with Crippen molar-refractivity contribution in [2.45, 2.75) is 13.1 Å². The number of pyridine rings is 1. The van der Waals surface area contributed by atoms with Gasteiger partial charge in [0.1, 0.15) is 19.8 Å². The van der Waals surface area contributed by atoms with Crippen LogP contribution in [0.1, 0.15) is 5.56 Å². The van der Waals surface area contributed by atoms with Crippen LogP contribution in [-0.4, -0.2) is 48.2 Å². The Bertz CT molecular complexity index is 1430. The van der Waals surface area contributed by atoms with Crippen molar-refractivity contribution in [1.29, 1.82) is 0 Å². The van der Waals surface area contributed by atoms with Crippen LogP contribution in [0.5, 0.6) is 11.5 Å². The number of amides is 1. The Morgan fingerprint density at radius 2 is 1.54 bits per heavy atom. The van der Waals surface area contributed by atoms with Crippen LogP contribution < -0.4 is 14.9 Å². The Balaban J connectivity index is 1.26. The fourth-order valence-corrected chi connectivity index (χ4v) is 4.22. The molecule has 0 bridgehead atoms. The van der Waals surface area contributed by atoms with Gasteiger partial charge in [-0.25, -0.2) is 0 Å². The van der Waals surface area contributed by atoms with Crippen LogP contribution in [0.15, 0.2) is 71.5 Å². The number of benzene rings is 3. The second kappa shape index (κ2) is 9.50. The highest BCUT2D eigenvalue weighted by Crippen LogP contribution is 2.31. The summed E-state index contributed by atoms with van der Waals surface area (Å²) in [6.45, 7) is 0.834. The highest BCUT2D eigenvalue weighted by atomic mass is 16.6. The molecule has 0 spiro atoms. The van der Waals surface area contributed by atoms with Crippen molar-refractivity contribution in [3.05, 3.63) is 82.5 Å². The maximum absolute atomic E-state index is 12.9. The lowest BCUT2D eigenvalue weighted by atomic mass is 10.1. The lowest BCUT2D eigenvalue weighted by molar-refractivity contribution is -0.152. The van der Waals surface area contributed by atoms with E-state index >= 15 is 0 Å². The largest absolute Gasteiger partial charge is 0.486 e. The van der Waals surface area contributed by atoms with Gasteiger partial charge in [0.15, 0.2) is 23.5 Å². The minimum absolute atomic E-state index is 0.0863. The van der Waals surface area contributed by atoms with Crippen molar-refractivity contribution < 1.29 is 23.8 Å². The molecular formula is C27H24N2O6. The molecule has 8 nitrogen and oxygen atoms in total. The number of carbonyl (C=O) groups is 2. The topological polar surface area (TPSA) is 87.1 Å². The molecule has 2 heterocycles. The third-order valence-corrected chi connectivity index (χ3v) is 5.97. The molecule has 1 amide bonds. The zero-order valence-electron chi connectivity index (χ0n) is 19.2. The maximum Gasteiger partial charge on any atom is 0.326 e. The third kappa shape index (κ3) is 4.55.